The molecule has 6 heteroatoms. The van der Waals surface area contributed by atoms with Crippen molar-refractivity contribution in [3.8, 4) is 5.75 Å². The Hall–Kier alpha value is -2.34. The average Bonchev–Trinajstić information content (AvgIpc) is 2.92. The van der Waals surface area contributed by atoms with Crippen molar-refractivity contribution in [2.75, 3.05) is 13.1 Å². The minimum Gasteiger partial charge on any atom is -0.508 e. The molecule has 0 aliphatic heterocycles. The Morgan fingerprint density at radius 3 is 2.70 bits per heavy atom. The summed E-state index contributed by atoms with van der Waals surface area (Å²) in [5.74, 6) is 0.522. The molecule has 1 heterocycles. The fourth-order valence-electron chi connectivity index (χ4n) is 2.35. The maximum Gasteiger partial charge on any atom is 0.291 e. The number of carbonyl (C=O) groups is 1. The van der Waals surface area contributed by atoms with E-state index in [1.54, 1.807) is 19.1 Å². The molecule has 23 heavy (non-hydrogen) atoms. The summed E-state index contributed by atoms with van der Waals surface area (Å²) in [6.45, 7) is 6.01. The molecule has 0 saturated carbocycles. The number of rotatable bonds is 6. The maximum absolute atomic E-state index is 12.6. The van der Waals surface area contributed by atoms with Crippen molar-refractivity contribution >= 4 is 5.91 Å². The van der Waals surface area contributed by atoms with Gasteiger partial charge in [0.1, 0.15) is 5.75 Å². The Kier molecular flexibility index (Phi) is 5.39. The van der Waals surface area contributed by atoms with Gasteiger partial charge in [-0.2, -0.15) is 0 Å². The van der Waals surface area contributed by atoms with Crippen LogP contribution in [0.2, 0.25) is 0 Å². The molecule has 0 aliphatic rings. The van der Waals surface area contributed by atoms with Crippen molar-refractivity contribution in [3.63, 3.8) is 0 Å². The number of amides is 1. The van der Waals surface area contributed by atoms with Crippen LogP contribution in [-0.2, 0) is 6.42 Å². The van der Waals surface area contributed by atoms with E-state index in [0.29, 0.717) is 30.1 Å². The second-order valence-electron chi connectivity index (χ2n) is 5.33. The molecule has 1 aromatic heterocycles. The van der Waals surface area contributed by atoms with Crippen molar-refractivity contribution in [1.82, 2.24) is 9.88 Å². The number of phenolic OH excluding ortho intramolecular Hbond substituents is 1. The fraction of sp³-hybridized carbons (Fsp3) is 0.412. The van der Waals surface area contributed by atoms with Crippen LogP contribution in [0.3, 0.4) is 0 Å². The molecular formula is C17H22N2O4. The van der Waals surface area contributed by atoms with Gasteiger partial charge < -0.3 is 19.5 Å². The molecule has 1 aromatic carbocycles. The first-order chi connectivity index (χ1) is 11.0. The SMILES string of the molecule is CCc1nc(C)c(C(=O)N(CC)C[C@@H](O)c2cccc(O)c2)o1. The van der Waals surface area contributed by atoms with Gasteiger partial charge in [0.25, 0.3) is 5.91 Å². The number of hydrogen-bond donors (Lipinski definition) is 2. The number of aliphatic hydroxyl groups excluding tert-OH is 1. The molecule has 124 valence electrons. The Morgan fingerprint density at radius 2 is 2.13 bits per heavy atom. The maximum atomic E-state index is 12.6. The molecule has 0 fully saturated rings. The zero-order chi connectivity index (χ0) is 17.0. The van der Waals surface area contributed by atoms with Gasteiger partial charge in [-0.3, -0.25) is 4.79 Å². The van der Waals surface area contributed by atoms with E-state index >= 15 is 0 Å². The molecule has 0 aliphatic carbocycles. The predicted octanol–water partition coefficient (Wildman–Crippen LogP) is 2.45. The standard InChI is InChI=1S/C17H22N2O4/c1-4-15-18-11(3)16(23-15)17(22)19(5-2)10-14(21)12-7-6-8-13(20)9-12/h6-9,14,20-21H,4-5,10H2,1-3H3/t14-/m1/s1. The van der Waals surface area contributed by atoms with Crippen LogP contribution in [0.15, 0.2) is 28.7 Å². The summed E-state index contributed by atoms with van der Waals surface area (Å²) in [5.41, 5.74) is 1.11. The largest absolute Gasteiger partial charge is 0.508 e. The van der Waals surface area contributed by atoms with E-state index in [4.69, 9.17) is 4.42 Å². The summed E-state index contributed by atoms with van der Waals surface area (Å²) in [4.78, 5) is 18.3. The number of phenols is 1. The normalized spacial score (nSPS) is 12.2. The number of aromatic hydroxyl groups is 1. The highest BCUT2D eigenvalue weighted by atomic mass is 16.4. The Bertz CT molecular complexity index is 681. The summed E-state index contributed by atoms with van der Waals surface area (Å²) < 4.78 is 5.49. The van der Waals surface area contributed by atoms with E-state index in [9.17, 15) is 15.0 Å². The molecule has 1 amide bonds. The molecule has 0 unspecified atom stereocenters. The number of hydrogen-bond acceptors (Lipinski definition) is 5. The van der Waals surface area contributed by atoms with Crippen LogP contribution in [0, 0.1) is 6.92 Å². The highest BCUT2D eigenvalue weighted by Gasteiger charge is 2.24. The van der Waals surface area contributed by atoms with Gasteiger partial charge in [-0.1, -0.05) is 19.1 Å². The zero-order valence-electron chi connectivity index (χ0n) is 13.6. The number of likely N-dealkylation sites (N-methyl/N-ethyl adjacent to an activating group) is 1. The lowest BCUT2D eigenvalue weighted by Crippen LogP contribution is -2.34. The van der Waals surface area contributed by atoms with Crippen molar-refractivity contribution in [2.45, 2.75) is 33.3 Å². The van der Waals surface area contributed by atoms with Gasteiger partial charge in [-0.25, -0.2) is 4.98 Å². The molecule has 6 nitrogen and oxygen atoms in total. The smallest absolute Gasteiger partial charge is 0.291 e. The van der Waals surface area contributed by atoms with Gasteiger partial charge in [-0.15, -0.1) is 0 Å². The first-order valence-electron chi connectivity index (χ1n) is 7.68. The minimum absolute atomic E-state index is 0.0783. The van der Waals surface area contributed by atoms with Gasteiger partial charge >= 0.3 is 0 Å². The Balaban J connectivity index is 2.15. The molecule has 0 saturated heterocycles. The van der Waals surface area contributed by atoms with Crippen LogP contribution >= 0.6 is 0 Å². The predicted molar refractivity (Wildman–Crippen MR) is 85.3 cm³/mol. The highest BCUT2D eigenvalue weighted by molar-refractivity contribution is 5.92. The quantitative estimate of drug-likeness (QED) is 0.854. The topological polar surface area (TPSA) is 86.8 Å². The van der Waals surface area contributed by atoms with Crippen LogP contribution in [-0.4, -0.2) is 39.1 Å². The van der Waals surface area contributed by atoms with Crippen LogP contribution < -0.4 is 0 Å². The zero-order valence-corrected chi connectivity index (χ0v) is 13.6. The first kappa shape index (κ1) is 17.0. The van der Waals surface area contributed by atoms with E-state index in [1.165, 1.54) is 17.0 Å². The molecule has 2 aromatic rings. The molecule has 1 atom stereocenters. The van der Waals surface area contributed by atoms with Gasteiger partial charge in [0, 0.05) is 13.0 Å². The molecule has 0 spiro atoms. The summed E-state index contributed by atoms with van der Waals surface area (Å²) in [6.07, 6.45) is -0.272. The van der Waals surface area contributed by atoms with E-state index in [1.807, 2.05) is 13.8 Å². The second kappa shape index (κ2) is 7.28. The lowest BCUT2D eigenvalue weighted by Gasteiger charge is -2.23. The fourth-order valence-corrected chi connectivity index (χ4v) is 2.35. The monoisotopic (exact) mass is 318 g/mol. The van der Waals surface area contributed by atoms with Crippen LogP contribution in [0.5, 0.6) is 5.75 Å². The van der Waals surface area contributed by atoms with Crippen LogP contribution in [0.4, 0.5) is 0 Å². The summed E-state index contributed by atoms with van der Waals surface area (Å²) in [6, 6.07) is 6.37. The average molecular weight is 318 g/mol. The number of benzene rings is 1. The van der Waals surface area contributed by atoms with Crippen molar-refractivity contribution < 1.29 is 19.4 Å². The lowest BCUT2D eigenvalue weighted by molar-refractivity contribution is 0.0603. The van der Waals surface area contributed by atoms with E-state index in [2.05, 4.69) is 4.98 Å². The van der Waals surface area contributed by atoms with Crippen molar-refractivity contribution in [2.24, 2.45) is 0 Å². The molecular weight excluding hydrogens is 296 g/mol. The third-order valence-corrected chi connectivity index (χ3v) is 3.65. The third kappa shape index (κ3) is 3.90. The first-order valence-corrected chi connectivity index (χ1v) is 7.68. The molecule has 0 bridgehead atoms. The highest BCUT2D eigenvalue weighted by Crippen LogP contribution is 2.21. The summed E-state index contributed by atoms with van der Waals surface area (Å²) >= 11 is 0. The number of oxazole rings is 1. The number of carbonyl (C=O) groups excluding carboxylic acids is 1. The number of aliphatic hydroxyl groups is 1. The van der Waals surface area contributed by atoms with Crippen LogP contribution in [0.25, 0.3) is 0 Å². The Morgan fingerprint density at radius 1 is 1.39 bits per heavy atom. The van der Waals surface area contributed by atoms with Gasteiger partial charge in [0.2, 0.25) is 5.76 Å². The summed E-state index contributed by atoms with van der Waals surface area (Å²) in [5, 5.41) is 19.8. The second-order valence-corrected chi connectivity index (χ2v) is 5.33. The van der Waals surface area contributed by atoms with E-state index in [0.717, 1.165) is 0 Å². The van der Waals surface area contributed by atoms with Gasteiger partial charge in [-0.05, 0) is 31.5 Å². The number of aromatic nitrogens is 1. The van der Waals surface area contributed by atoms with Gasteiger partial charge in [0.15, 0.2) is 5.89 Å². The minimum atomic E-state index is -0.889. The Labute approximate surface area is 135 Å². The molecule has 2 rings (SSSR count). The summed E-state index contributed by atoms with van der Waals surface area (Å²) in [7, 11) is 0. The van der Waals surface area contributed by atoms with Gasteiger partial charge in [0.05, 0.1) is 18.3 Å². The molecule has 0 radical (unpaired) electrons. The number of nitrogens with zero attached hydrogens (tertiary/aromatic N) is 2. The third-order valence-electron chi connectivity index (χ3n) is 3.65. The van der Waals surface area contributed by atoms with Crippen molar-refractivity contribution in [1.29, 1.82) is 0 Å². The van der Waals surface area contributed by atoms with E-state index in [-0.39, 0.29) is 24.0 Å². The number of aryl methyl sites for hydroxylation is 2. The van der Waals surface area contributed by atoms with Crippen molar-refractivity contribution in [3.05, 3.63) is 47.2 Å². The van der Waals surface area contributed by atoms with E-state index < -0.39 is 6.10 Å². The lowest BCUT2D eigenvalue weighted by atomic mass is 10.1. The molecule has 2 N–H and O–H groups in total. The van der Waals surface area contributed by atoms with Crippen LogP contribution in [0.1, 0.15) is 47.7 Å².